The summed E-state index contributed by atoms with van der Waals surface area (Å²) >= 11 is 0. The number of nitrogens with one attached hydrogen (secondary N) is 4. The molecule has 0 spiro atoms. The first-order valence-electron chi connectivity index (χ1n) is 14.2. The van der Waals surface area contributed by atoms with Crippen molar-refractivity contribution in [3.8, 4) is 16.9 Å². The number of methoxy groups -OCH3 is 1. The number of carbonyl (C=O) groups excluding carboxylic acids is 3. The fourth-order valence-electron chi connectivity index (χ4n) is 3.94. The van der Waals surface area contributed by atoms with E-state index in [1.165, 1.54) is 0 Å². The number of rotatable bonds is 14. The van der Waals surface area contributed by atoms with E-state index in [2.05, 4.69) is 21.3 Å². The minimum absolute atomic E-state index is 0.189. The quantitative estimate of drug-likeness (QED) is 0.134. The standard InChI is InChI=1S/C30H34N4O6.C2HF3O2/c1-40-25-16-14-24(15-17-25)33-30(39)31-18-6-5-9-27(35)32-20-28(36)34-26(19-29(37)38)23-12-10-22(11-13-23)21-7-3-2-4-8-21;3-2(4,5)1(6)7/h2-4,7-8,10-17,26H,5-6,9,18-20H2,1H3,(H,32,35)(H,34,36)(H,37,38)(H2,31,33,39);(H,6,7). The second-order valence-electron chi connectivity index (χ2n) is 9.85. The van der Waals surface area contributed by atoms with Crippen LogP contribution in [0, 0.1) is 0 Å². The number of urea groups is 1. The predicted molar refractivity (Wildman–Crippen MR) is 166 cm³/mol. The Kier molecular flexibility index (Phi) is 15.2. The van der Waals surface area contributed by atoms with Crippen molar-refractivity contribution in [1.29, 1.82) is 0 Å². The zero-order valence-corrected chi connectivity index (χ0v) is 25.3. The lowest BCUT2D eigenvalue weighted by Crippen LogP contribution is -2.39. The molecule has 0 bridgehead atoms. The van der Waals surface area contributed by atoms with Gasteiger partial charge in [-0.2, -0.15) is 13.2 Å². The third-order valence-corrected chi connectivity index (χ3v) is 6.29. The van der Waals surface area contributed by atoms with Gasteiger partial charge in [0.25, 0.3) is 0 Å². The summed E-state index contributed by atoms with van der Waals surface area (Å²) in [5, 5.41) is 27.1. The number of carbonyl (C=O) groups is 5. The highest BCUT2D eigenvalue weighted by atomic mass is 19.4. The van der Waals surface area contributed by atoms with Gasteiger partial charge in [0, 0.05) is 18.7 Å². The smallest absolute Gasteiger partial charge is 0.490 e. The first kappa shape index (κ1) is 37.6. The number of hydrogen-bond acceptors (Lipinski definition) is 6. The molecule has 0 aromatic heterocycles. The van der Waals surface area contributed by atoms with Crippen LogP contribution in [-0.4, -0.2) is 66.4 Å². The van der Waals surface area contributed by atoms with Crippen LogP contribution >= 0.6 is 0 Å². The zero-order valence-electron chi connectivity index (χ0n) is 25.3. The number of carboxylic acid groups (broad SMARTS) is 2. The van der Waals surface area contributed by atoms with Crippen LogP contribution in [0.3, 0.4) is 0 Å². The maximum Gasteiger partial charge on any atom is 0.490 e. The van der Waals surface area contributed by atoms with Crippen molar-refractivity contribution in [3.63, 3.8) is 0 Å². The molecule has 4 amide bonds. The molecular weight excluding hydrogens is 625 g/mol. The fraction of sp³-hybridized carbons (Fsp3) is 0.281. The number of benzene rings is 3. The molecule has 252 valence electrons. The summed E-state index contributed by atoms with van der Waals surface area (Å²) in [5.41, 5.74) is 3.30. The van der Waals surface area contributed by atoms with E-state index in [1.807, 2.05) is 42.5 Å². The lowest BCUT2D eigenvalue weighted by Gasteiger charge is -2.18. The topological polar surface area (TPSA) is 183 Å². The summed E-state index contributed by atoms with van der Waals surface area (Å²) in [6, 6.07) is 22.9. The Morgan fingerprint density at radius 3 is 1.94 bits per heavy atom. The molecule has 0 heterocycles. The minimum atomic E-state index is -5.08. The van der Waals surface area contributed by atoms with Gasteiger partial charge < -0.3 is 36.2 Å². The molecule has 0 radical (unpaired) electrons. The molecule has 6 N–H and O–H groups in total. The third-order valence-electron chi connectivity index (χ3n) is 6.29. The Balaban J connectivity index is 0.000000984. The maximum absolute atomic E-state index is 12.5. The molecule has 3 rings (SSSR count). The van der Waals surface area contributed by atoms with Gasteiger partial charge in [-0.05, 0) is 53.8 Å². The number of anilines is 1. The second kappa shape index (κ2) is 19.0. The van der Waals surface area contributed by atoms with Crippen molar-refractivity contribution in [2.75, 3.05) is 25.5 Å². The molecule has 12 nitrogen and oxygen atoms in total. The number of carboxylic acids is 2. The van der Waals surface area contributed by atoms with Crippen LogP contribution < -0.4 is 26.0 Å². The summed E-state index contributed by atoms with van der Waals surface area (Å²) in [6.07, 6.45) is -4.08. The molecule has 1 unspecified atom stereocenters. The van der Waals surface area contributed by atoms with Gasteiger partial charge in [-0.3, -0.25) is 14.4 Å². The van der Waals surface area contributed by atoms with Gasteiger partial charge in [0.2, 0.25) is 11.8 Å². The molecule has 3 aromatic carbocycles. The number of unbranched alkanes of at least 4 members (excludes halogenated alkanes) is 1. The van der Waals surface area contributed by atoms with Gasteiger partial charge in [-0.25, -0.2) is 9.59 Å². The highest BCUT2D eigenvalue weighted by Gasteiger charge is 2.38. The largest absolute Gasteiger partial charge is 0.497 e. The second-order valence-corrected chi connectivity index (χ2v) is 9.85. The zero-order chi connectivity index (χ0) is 34.8. The molecular formula is C32H35F3N4O8. The van der Waals surface area contributed by atoms with Crippen LogP contribution in [0.2, 0.25) is 0 Å². The summed E-state index contributed by atoms with van der Waals surface area (Å²) in [4.78, 5) is 56.9. The van der Waals surface area contributed by atoms with Crippen LogP contribution in [0.15, 0.2) is 78.9 Å². The number of hydrogen-bond donors (Lipinski definition) is 6. The van der Waals surface area contributed by atoms with Crippen molar-refractivity contribution >= 4 is 35.5 Å². The molecule has 0 fully saturated rings. The van der Waals surface area contributed by atoms with Crippen LogP contribution in [0.25, 0.3) is 11.1 Å². The van der Waals surface area contributed by atoms with Gasteiger partial charge in [0.1, 0.15) is 5.75 Å². The van der Waals surface area contributed by atoms with Gasteiger partial charge in [0.15, 0.2) is 0 Å². The molecule has 3 aromatic rings. The lowest BCUT2D eigenvalue weighted by atomic mass is 9.99. The van der Waals surface area contributed by atoms with Crippen LogP contribution in [-0.2, 0) is 19.2 Å². The van der Waals surface area contributed by atoms with E-state index in [0.717, 1.165) is 11.1 Å². The Morgan fingerprint density at radius 1 is 0.787 bits per heavy atom. The van der Waals surface area contributed by atoms with Gasteiger partial charge in [-0.1, -0.05) is 54.6 Å². The normalized spacial score (nSPS) is 11.1. The number of ether oxygens (including phenoxy) is 1. The molecule has 0 aliphatic carbocycles. The number of aliphatic carboxylic acids is 2. The van der Waals surface area contributed by atoms with E-state index in [9.17, 15) is 37.5 Å². The molecule has 0 saturated carbocycles. The van der Waals surface area contributed by atoms with Crippen LogP contribution in [0.4, 0.5) is 23.7 Å². The van der Waals surface area contributed by atoms with E-state index in [1.54, 1.807) is 43.5 Å². The molecule has 15 heteroatoms. The average molecular weight is 661 g/mol. The van der Waals surface area contributed by atoms with Gasteiger partial charge in [0.05, 0.1) is 26.1 Å². The first-order valence-corrected chi connectivity index (χ1v) is 14.2. The highest BCUT2D eigenvalue weighted by Crippen LogP contribution is 2.23. The predicted octanol–water partition coefficient (Wildman–Crippen LogP) is 4.74. The number of amides is 4. The third kappa shape index (κ3) is 14.8. The van der Waals surface area contributed by atoms with Gasteiger partial charge in [-0.15, -0.1) is 0 Å². The van der Waals surface area contributed by atoms with Crippen molar-refractivity contribution in [1.82, 2.24) is 16.0 Å². The summed E-state index contributed by atoms with van der Waals surface area (Å²) in [7, 11) is 1.56. The molecule has 47 heavy (non-hydrogen) atoms. The summed E-state index contributed by atoms with van der Waals surface area (Å²) in [5.74, 6) is -3.90. The molecule has 0 aliphatic rings. The number of alkyl halides is 3. The minimum Gasteiger partial charge on any atom is -0.497 e. The maximum atomic E-state index is 12.5. The number of halogens is 3. The van der Waals surface area contributed by atoms with E-state index in [-0.39, 0.29) is 31.3 Å². The Hall–Kier alpha value is -5.60. The van der Waals surface area contributed by atoms with Crippen LogP contribution in [0.1, 0.15) is 37.3 Å². The SMILES string of the molecule is COc1ccc(NC(=O)NCCCCC(=O)NCC(=O)NC(CC(=O)O)c2ccc(-c3ccccc3)cc2)cc1.O=C(O)C(F)(F)F. The van der Waals surface area contributed by atoms with Crippen molar-refractivity contribution in [2.24, 2.45) is 0 Å². The van der Waals surface area contributed by atoms with Crippen LogP contribution in [0.5, 0.6) is 5.75 Å². The Bertz CT molecular complexity index is 1470. The average Bonchev–Trinajstić information content (AvgIpc) is 3.04. The first-order chi connectivity index (χ1) is 22.3. The summed E-state index contributed by atoms with van der Waals surface area (Å²) < 4.78 is 36.8. The van der Waals surface area contributed by atoms with Crippen molar-refractivity contribution < 1.29 is 52.1 Å². The fourth-order valence-corrected chi connectivity index (χ4v) is 3.94. The Labute approximate surface area is 268 Å². The highest BCUT2D eigenvalue weighted by molar-refractivity contribution is 5.89. The van der Waals surface area contributed by atoms with E-state index >= 15 is 0 Å². The van der Waals surface area contributed by atoms with Crippen molar-refractivity contribution in [2.45, 2.75) is 37.9 Å². The molecule has 1 atom stereocenters. The van der Waals surface area contributed by atoms with Crippen molar-refractivity contribution in [3.05, 3.63) is 84.4 Å². The van der Waals surface area contributed by atoms with E-state index in [0.29, 0.717) is 36.4 Å². The monoisotopic (exact) mass is 660 g/mol. The molecule has 0 saturated heterocycles. The lowest BCUT2D eigenvalue weighted by molar-refractivity contribution is -0.192. The summed E-state index contributed by atoms with van der Waals surface area (Å²) in [6.45, 7) is 0.120. The van der Waals surface area contributed by atoms with E-state index in [4.69, 9.17) is 14.6 Å². The van der Waals surface area contributed by atoms with Gasteiger partial charge >= 0.3 is 24.1 Å². The Morgan fingerprint density at radius 2 is 1.38 bits per heavy atom. The van der Waals surface area contributed by atoms with E-state index < -0.39 is 30.1 Å². The molecule has 0 aliphatic heterocycles.